The average Bonchev–Trinajstić information content (AvgIpc) is 3.26. The molecule has 5 rings (SSSR count). The smallest absolute Gasteiger partial charge is 0.259 e. The van der Waals surface area contributed by atoms with Crippen LogP contribution in [0.25, 0.3) is 11.1 Å². The maximum atomic E-state index is 13.0. The molecular formula is C20H21N5O2. The van der Waals surface area contributed by atoms with Gasteiger partial charge in [0.2, 0.25) is 0 Å². The van der Waals surface area contributed by atoms with Crippen LogP contribution in [-0.4, -0.2) is 34.1 Å². The van der Waals surface area contributed by atoms with Crippen LogP contribution in [0, 0.1) is 6.92 Å². The van der Waals surface area contributed by atoms with E-state index in [1.807, 2.05) is 25.1 Å². The van der Waals surface area contributed by atoms with Crippen molar-refractivity contribution >= 4 is 28.5 Å². The van der Waals surface area contributed by atoms with E-state index in [1.54, 1.807) is 6.20 Å². The van der Waals surface area contributed by atoms with Gasteiger partial charge in [0.25, 0.3) is 11.6 Å². The van der Waals surface area contributed by atoms with Crippen LogP contribution in [0.3, 0.4) is 0 Å². The molecule has 0 radical (unpaired) electrons. The number of nitrogens with one attached hydrogen (secondary N) is 1. The third kappa shape index (κ3) is 3.03. The quantitative estimate of drug-likeness (QED) is 0.762. The van der Waals surface area contributed by atoms with Crippen molar-refractivity contribution in [3.05, 3.63) is 41.3 Å². The highest BCUT2D eigenvalue weighted by Gasteiger charge is 2.28. The molecule has 1 saturated carbocycles. The van der Waals surface area contributed by atoms with Crippen molar-refractivity contribution in [3.63, 3.8) is 0 Å². The number of anilines is 2. The molecule has 138 valence electrons. The van der Waals surface area contributed by atoms with Gasteiger partial charge in [-0.1, -0.05) is 5.16 Å². The van der Waals surface area contributed by atoms with Crippen molar-refractivity contribution in [2.75, 3.05) is 23.3 Å². The molecule has 0 unspecified atom stereocenters. The fraction of sp³-hybridized carbons (Fsp3) is 0.400. The minimum Gasteiger partial charge on any atom is -0.357 e. The third-order valence-electron chi connectivity index (χ3n) is 5.31. The zero-order valence-corrected chi connectivity index (χ0v) is 15.2. The second-order valence-corrected chi connectivity index (χ2v) is 7.37. The van der Waals surface area contributed by atoms with E-state index in [1.165, 1.54) is 12.8 Å². The monoisotopic (exact) mass is 363 g/mol. The van der Waals surface area contributed by atoms with E-state index in [-0.39, 0.29) is 5.91 Å². The first-order valence-electron chi connectivity index (χ1n) is 9.48. The summed E-state index contributed by atoms with van der Waals surface area (Å²) >= 11 is 0. The largest absolute Gasteiger partial charge is 0.357 e. The van der Waals surface area contributed by atoms with Crippen LogP contribution < -0.4 is 10.2 Å². The maximum Gasteiger partial charge on any atom is 0.259 e. The normalized spacial score (nSPS) is 16.9. The van der Waals surface area contributed by atoms with Crippen LogP contribution in [-0.2, 0) is 0 Å². The first-order valence-corrected chi connectivity index (χ1v) is 9.48. The molecule has 1 amide bonds. The summed E-state index contributed by atoms with van der Waals surface area (Å²) in [6, 6.07) is 5.74. The minimum atomic E-state index is -0.189. The van der Waals surface area contributed by atoms with E-state index in [0.29, 0.717) is 34.0 Å². The van der Waals surface area contributed by atoms with Gasteiger partial charge in [0.15, 0.2) is 0 Å². The lowest BCUT2D eigenvalue weighted by Crippen LogP contribution is -2.19. The average molecular weight is 363 g/mol. The lowest BCUT2D eigenvalue weighted by molar-refractivity contribution is 0.102. The fourth-order valence-electron chi connectivity index (χ4n) is 3.67. The van der Waals surface area contributed by atoms with Crippen molar-refractivity contribution in [2.45, 2.75) is 38.5 Å². The number of rotatable bonds is 4. The Balaban J connectivity index is 1.42. The number of pyridine rings is 2. The Morgan fingerprint density at radius 3 is 2.78 bits per heavy atom. The van der Waals surface area contributed by atoms with E-state index in [9.17, 15) is 4.79 Å². The molecule has 0 aromatic carbocycles. The molecule has 4 heterocycles. The summed E-state index contributed by atoms with van der Waals surface area (Å²) < 4.78 is 5.32. The Labute approximate surface area is 156 Å². The van der Waals surface area contributed by atoms with Gasteiger partial charge in [0.05, 0.1) is 28.5 Å². The minimum absolute atomic E-state index is 0.189. The first kappa shape index (κ1) is 16.2. The molecule has 27 heavy (non-hydrogen) atoms. The second kappa shape index (κ2) is 6.33. The van der Waals surface area contributed by atoms with E-state index in [2.05, 4.69) is 25.3 Å². The highest BCUT2D eigenvalue weighted by molar-refractivity contribution is 6.12. The van der Waals surface area contributed by atoms with Crippen LogP contribution in [0.15, 0.2) is 28.9 Å². The van der Waals surface area contributed by atoms with Gasteiger partial charge in [-0.05, 0) is 50.8 Å². The van der Waals surface area contributed by atoms with Crippen molar-refractivity contribution in [1.82, 2.24) is 15.1 Å². The molecule has 2 aliphatic rings. The molecule has 1 aliphatic carbocycles. The molecule has 1 saturated heterocycles. The number of hydrogen-bond donors (Lipinski definition) is 1. The number of carbonyl (C=O) groups is 1. The molecular weight excluding hydrogens is 342 g/mol. The van der Waals surface area contributed by atoms with Gasteiger partial charge in [-0.3, -0.25) is 4.79 Å². The molecule has 2 fully saturated rings. The van der Waals surface area contributed by atoms with E-state index < -0.39 is 0 Å². The van der Waals surface area contributed by atoms with Gasteiger partial charge in [-0.25, -0.2) is 9.97 Å². The van der Waals surface area contributed by atoms with Gasteiger partial charge in [0.1, 0.15) is 5.82 Å². The van der Waals surface area contributed by atoms with Crippen LogP contribution in [0.2, 0.25) is 0 Å². The van der Waals surface area contributed by atoms with Crippen molar-refractivity contribution in [3.8, 4) is 0 Å². The summed E-state index contributed by atoms with van der Waals surface area (Å²) in [5.74, 6) is 1.20. The van der Waals surface area contributed by atoms with Gasteiger partial charge < -0.3 is 14.7 Å². The summed E-state index contributed by atoms with van der Waals surface area (Å²) in [4.78, 5) is 24.3. The highest BCUT2D eigenvalue weighted by Crippen LogP contribution is 2.40. The Bertz CT molecular complexity index is 1000. The standard InChI is InChI=1S/C20H21N5O2/c1-12-18-15(10-16(13-4-5-13)23-20(18)27-24-12)19(26)22-14-6-7-17(21-11-14)25-8-2-3-9-25/h6-7,10-11,13H,2-5,8-9H2,1H3,(H,22,26). The predicted octanol–water partition coefficient (Wildman–Crippen LogP) is 3.66. The Morgan fingerprint density at radius 2 is 2.07 bits per heavy atom. The first-order chi connectivity index (χ1) is 13.2. The summed E-state index contributed by atoms with van der Waals surface area (Å²) in [7, 11) is 0. The van der Waals surface area contributed by atoms with Crippen molar-refractivity contribution in [1.29, 1.82) is 0 Å². The second-order valence-electron chi connectivity index (χ2n) is 7.37. The number of amides is 1. The molecule has 0 bridgehead atoms. The summed E-state index contributed by atoms with van der Waals surface area (Å²) in [6.45, 7) is 3.92. The molecule has 3 aromatic heterocycles. The number of aryl methyl sites for hydroxylation is 1. The Hall–Kier alpha value is -2.96. The zero-order chi connectivity index (χ0) is 18.4. The fourth-order valence-corrected chi connectivity index (χ4v) is 3.67. The predicted molar refractivity (Wildman–Crippen MR) is 102 cm³/mol. The SMILES string of the molecule is Cc1noc2nc(C3CC3)cc(C(=O)Nc3ccc(N4CCCC4)nc3)c12. The van der Waals surface area contributed by atoms with Crippen LogP contribution in [0.4, 0.5) is 11.5 Å². The van der Waals surface area contributed by atoms with Gasteiger partial charge in [-0.2, -0.15) is 0 Å². The van der Waals surface area contributed by atoms with Crippen molar-refractivity contribution < 1.29 is 9.32 Å². The molecule has 7 nitrogen and oxygen atoms in total. The Kier molecular flexibility index (Phi) is 3.81. The highest BCUT2D eigenvalue weighted by atomic mass is 16.5. The molecule has 7 heteroatoms. The van der Waals surface area contributed by atoms with Crippen LogP contribution in [0.5, 0.6) is 0 Å². The lowest BCUT2D eigenvalue weighted by atomic mass is 10.1. The number of nitrogens with zero attached hydrogens (tertiary/aromatic N) is 4. The number of fused-ring (bicyclic) bond motifs is 1. The molecule has 1 aliphatic heterocycles. The van der Waals surface area contributed by atoms with E-state index in [4.69, 9.17) is 4.52 Å². The zero-order valence-electron chi connectivity index (χ0n) is 15.2. The summed E-state index contributed by atoms with van der Waals surface area (Å²) in [6.07, 6.45) is 6.34. The number of aromatic nitrogens is 3. The summed E-state index contributed by atoms with van der Waals surface area (Å²) in [5, 5.41) is 7.62. The van der Waals surface area contributed by atoms with E-state index in [0.717, 1.165) is 37.4 Å². The Morgan fingerprint density at radius 1 is 1.26 bits per heavy atom. The molecule has 1 N–H and O–H groups in total. The topological polar surface area (TPSA) is 84.1 Å². The van der Waals surface area contributed by atoms with Gasteiger partial charge >= 0.3 is 0 Å². The van der Waals surface area contributed by atoms with E-state index >= 15 is 0 Å². The van der Waals surface area contributed by atoms with Crippen LogP contribution in [0.1, 0.15) is 53.3 Å². The lowest BCUT2D eigenvalue weighted by Gasteiger charge is -2.16. The van der Waals surface area contributed by atoms with Gasteiger partial charge in [-0.15, -0.1) is 0 Å². The summed E-state index contributed by atoms with van der Waals surface area (Å²) in [5.41, 5.74) is 3.25. The molecule has 0 spiro atoms. The molecule has 3 aromatic rings. The van der Waals surface area contributed by atoms with Crippen molar-refractivity contribution in [2.24, 2.45) is 0 Å². The molecule has 0 atom stereocenters. The van der Waals surface area contributed by atoms with Gasteiger partial charge in [0, 0.05) is 24.7 Å². The number of carbonyl (C=O) groups excluding carboxylic acids is 1. The maximum absolute atomic E-state index is 13.0. The number of hydrogen-bond acceptors (Lipinski definition) is 6. The third-order valence-corrected chi connectivity index (χ3v) is 5.31. The van der Waals surface area contributed by atoms with Crippen LogP contribution >= 0.6 is 0 Å².